The lowest BCUT2D eigenvalue weighted by molar-refractivity contribution is 0.590. The van der Waals surface area contributed by atoms with Crippen LogP contribution in [0.25, 0.3) is 143 Å². The minimum atomic E-state index is -0.0487. The normalized spacial score (nSPS) is 12.6. The summed E-state index contributed by atoms with van der Waals surface area (Å²) in [4.78, 5) is 0. The van der Waals surface area contributed by atoms with Crippen molar-refractivity contribution in [2.45, 2.75) is 52.4 Å². The van der Waals surface area contributed by atoms with Gasteiger partial charge in [-0.15, -0.1) is 0 Å². The summed E-state index contributed by atoms with van der Waals surface area (Å²) in [5.74, 6) is 0. The first-order valence-electron chi connectivity index (χ1n) is 26.9. The van der Waals surface area contributed by atoms with Crippen molar-refractivity contribution >= 4 is 76.2 Å². The Kier molecular flexibility index (Phi) is 9.52. The van der Waals surface area contributed by atoms with E-state index < -0.39 is 0 Å². The van der Waals surface area contributed by atoms with Crippen LogP contribution in [0.2, 0.25) is 0 Å². The molecule has 0 aliphatic carbocycles. The molecular weight excluding hydrogens is 917 g/mol. The highest BCUT2D eigenvalue weighted by atomic mass is 14.9. The number of benzene rings is 11. The molecule has 0 spiro atoms. The maximum absolute atomic E-state index is 2.65. The minimum Gasteiger partial charge on any atom is -0.308 e. The van der Waals surface area contributed by atoms with Crippen LogP contribution >= 0.6 is 0 Å². The van der Waals surface area contributed by atoms with Crippen molar-refractivity contribution in [2.75, 3.05) is 0 Å². The van der Waals surface area contributed by atoms with Gasteiger partial charge < -0.3 is 8.80 Å². The van der Waals surface area contributed by atoms with Crippen LogP contribution in [-0.2, 0) is 10.8 Å². The predicted octanol–water partition coefficient (Wildman–Crippen LogP) is 20.6. The SMILES string of the molecule is CC(C)(C)c1ccc2c3c4c5ccc(-c6c(-c7ccccc7)cccc6-c6ccccc6)cc5n5c6cc(C(C)(C)C)ccc6c(c6c7ccc(-c8c(-c9ccccc9)cccc8-c8ccccc8)cc7n(c2c1)c63)c45. The molecule has 0 radical (unpaired) electrons. The molecule has 0 aliphatic rings. The zero-order chi connectivity index (χ0) is 51.2. The molecule has 4 heterocycles. The molecule has 0 bridgehead atoms. The minimum absolute atomic E-state index is 0.0487. The first kappa shape index (κ1) is 44.5. The van der Waals surface area contributed by atoms with E-state index in [4.69, 9.17) is 0 Å². The Labute approximate surface area is 443 Å². The number of hydrogen-bond donors (Lipinski definition) is 0. The maximum atomic E-state index is 2.65. The van der Waals surface area contributed by atoms with E-state index in [1.54, 1.807) is 0 Å². The van der Waals surface area contributed by atoms with Crippen molar-refractivity contribution in [1.82, 2.24) is 8.80 Å². The fourth-order valence-electron chi connectivity index (χ4n) is 13.1. The highest BCUT2D eigenvalue weighted by molar-refractivity contribution is 6.45. The first-order valence-corrected chi connectivity index (χ1v) is 26.9. The average molecular weight is 973 g/mol. The summed E-state index contributed by atoms with van der Waals surface area (Å²) >= 11 is 0. The van der Waals surface area contributed by atoms with Gasteiger partial charge in [-0.3, -0.25) is 0 Å². The van der Waals surface area contributed by atoms with Gasteiger partial charge in [0.25, 0.3) is 0 Å². The summed E-state index contributed by atoms with van der Waals surface area (Å²) in [7, 11) is 0. The molecule has 0 N–H and O–H groups in total. The summed E-state index contributed by atoms with van der Waals surface area (Å²) < 4.78 is 5.30. The number of rotatable bonds is 6. The molecule has 15 aromatic rings. The summed E-state index contributed by atoms with van der Waals surface area (Å²) in [6, 6.07) is 86.6. The molecule has 11 aromatic carbocycles. The molecule has 0 aliphatic heterocycles. The fraction of sp³-hybridized carbons (Fsp3) is 0.108. The van der Waals surface area contributed by atoms with Gasteiger partial charge in [-0.2, -0.15) is 0 Å². The van der Waals surface area contributed by atoms with E-state index in [2.05, 4.69) is 281 Å². The van der Waals surface area contributed by atoms with Gasteiger partial charge in [-0.1, -0.05) is 248 Å². The Morgan fingerprint density at radius 3 is 0.816 bits per heavy atom. The third-order valence-corrected chi connectivity index (χ3v) is 16.7. The van der Waals surface area contributed by atoms with Crippen LogP contribution in [0.5, 0.6) is 0 Å². The molecule has 0 saturated heterocycles. The molecule has 2 nitrogen and oxygen atoms in total. The number of nitrogens with zero attached hydrogens (tertiary/aromatic N) is 2. The number of aromatic nitrogens is 2. The lowest BCUT2D eigenvalue weighted by Crippen LogP contribution is -2.10. The number of hydrogen-bond acceptors (Lipinski definition) is 0. The van der Waals surface area contributed by atoms with Gasteiger partial charge in [-0.25, -0.2) is 0 Å². The summed E-state index contributed by atoms with van der Waals surface area (Å²) in [6.45, 7) is 14.0. The molecular formula is C74H56N2. The van der Waals surface area contributed by atoms with Crippen molar-refractivity contribution in [2.24, 2.45) is 0 Å². The largest absolute Gasteiger partial charge is 0.308 e. The molecule has 76 heavy (non-hydrogen) atoms. The quantitative estimate of drug-likeness (QED) is 0.157. The van der Waals surface area contributed by atoms with E-state index in [-0.39, 0.29) is 10.8 Å². The molecule has 0 atom stereocenters. The van der Waals surface area contributed by atoms with Crippen LogP contribution in [0.1, 0.15) is 52.7 Å². The fourth-order valence-corrected chi connectivity index (χ4v) is 13.1. The van der Waals surface area contributed by atoms with Crippen LogP contribution in [0.4, 0.5) is 0 Å². The smallest absolute Gasteiger partial charge is 0.0634 e. The summed E-state index contributed by atoms with van der Waals surface area (Å²) in [5.41, 5.74) is 24.8. The van der Waals surface area contributed by atoms with E-state index in [0.717, 1.165) is 0 Å². The third-order valence-electron chi connectivity index (χ3n) is 16.7. The van der Waals surface area contributed by atoms with Crippen LogP contribution in [-0.4, -0.2) is 8.80 Å². The van der Waals surface area contributed by atoms with Gasteiger partial charge in [0.2, 0.25) is 0 Å². The topological polar surface area (TPSA) is 8.82 Å². The van der Waals surface area contributed by atoms with E-state index in [1.165, 1.54) is 154 Å². The second-order valence-electron chi connectivity index (χ2n) is 23.2. The van der Waals surface area contributed by atoms with Crippen molar-refractivity contribution in [3.63, 3.8) is 0 Å². The predicted molar refractivity (Wildman–Crippen MR) is 326 cm³/mol. The second-order valence-corrected chi connectivity index (χ2v) is 23.2. The van der Waals surface area contributed by atoms with Gasteiger partial charge in [-0.05, 0) is 113 Å². The Bertz CT molecular complexity index is 4350. The molecule has 0 unspecified atom stereocenters. The lowest BCUT2D eigenvalue weighted by atomic mass is 9.86. The Hall–Kier alpha value is -8.98. The van der Waals surface area contributed by atoms with Crippen LogP contribution in [0, 0.1) is 0 Å². The Morgan fingerprint density at radius 2 is 0.526 bits per heavy atom. The van der Waals surface area contributed by atoms with Crippen LogP contribution in [0.3, 0.4) is 0 Å². The standard InChI is InChI=1S/C74H56N2/c1-73(2,3)51-35-39-59-63(43-51)75-61-41-49(65-53(45-21-11-7-12-22-45)29-19-30-54(65)46-23-13-8-14-24-46)33-37-57(61)68-70-60-40-36-52(74(4,5)6)44-64(60)76-62-42-50(34-38-58(62)67(72(70)76)69(59)71(68)75)66-55(47-25-15-9-16-26-47)31-20-32-56(66)48-27-17-10-18-28-48/h7-44H,1-6H3. The van der Waals surface area contributed by atoms with Crippen LogP contribution in [0.15, 0.2) is 231 Å². The molecule has 0 amide bonds. The molecule has 2 heteroatoms. The van der Waals surface area contributed by atoms with E-state index in [1.807, 2.05) is 0 Å². The van der Waals surface area contributed by atoms with Gasteiger partial charge in [0.15, 0.2) is 0 Å². The van der Waals surface area contributed by atoms with Crippen molar-refractivity contribution in [3.05, 3.63) is 242 Å². The van der Waals surface area contributed by atoms with Gasteiger partial charge in [0.1, 0.15) is 0 Å². The monoisotopic (exact) mass is 972 g/mol. The maximum Gasteiger partial charge on any atom is 0.0634 e. The Balaban J connectivity index is 1.11. The average Bonchev–Trinajstić information content (AvgIpc) is 4.37. The highest BCUT2D eigenvalue weighted by Crippen LogP contribution is 2.54. The molecule has 4 aromatic heterocycles. The third kappa shape index (κ3) is 6.47. The molecule has 0 saturated carbocycles. The first-order chi connectivity index (χ1) is 37.0. The van der Waals surface area contributed by atoms with Crippen molar-refractivity contribution in [1.29, 1.82) is 0 Å². The molecule has 0 fully saturated rings. The van der Waals surface area contributed by atoms with E-state index in [9.17, 15) is 0 Å². The summed E-state index contributed by atoms with van der Waals surface area (Å²) in [5, 5.41) is 10.4. The lowest BCUT2D eigenvalue weighted by Gasteiger charge is -2.19. The zero-order valence-electron chi connectivity index (χ0n) is 43.8. The van der Waals surface area contributed by atoms with Crippen molar-refractivity contribution in [3.8, 4) is 66.8 Å². The van der Waals surface area contributed by atoms with Crippen molar-refractivity contribution < 1.29 is 0 Å². The van der Waals surface area contributed by atoms with E-state index in [0.29, 0.717) is 0 Å². The van der Waals surface area contributed by atoms with Crippen LogP contribution < -0.4 is 0 Å². The van der Waals surface area contributed by atoms with Gasteiger partial charge >= 0.3 is 0 Å². The van der Waals surface area contributed by atoms with E-state index >= 15 is 0 Å². The van der Waals surface area contributed by atoms with Gasteiger partial charge in [0.05, 0.1) is 33.1 Å². The second kappa shape index (κ2) is 16.3. The summed E-state index contributed by atoms with van der Waals surface area (Å²) in [6.07, 6.45) is 0. The zero-order valence-corrected chi connectivity index (χ0v) is 43.8. The highest BCUT2D eigenvalue weighted by Gasteiger charge is 2.31. The Morgan fingerprint density at radius 1 is 0.250 bits per heavy atom. The molecule has 362 valence electrons. The number of fused-ring (bicyclic) bond motifs is 14. The van der Waals surface area contributed by atoms with Gasteiger partial charge in [0, 0.05) is 43.1 Å². The molecule has 15 rings (SSSR count).